The number of nitrogens with zero attached hydrogens (tertiary/aromatic N) is 1. The zero-order chi connectivity index (χ0) is 13.7. The van der Waals surface area contributed by atoms with Gasteiger partial charge in [0, 0.05) is 19.0 Å². The molecule has 104 valence electrons. The van der Waals surface area contributed by atoms with E-state index < -0.39 is 12.0 Å². The molecule has 5 heteroatoms. The Morgan fingerprint density at radius 3 is 2.67 bits per heavy atom. The number of rotatable bonds is 5. The molecule has 1 fully saturated rings. The Bertz CT molecular complexity index is 305. The van der Waals surface area contributed by atoms with Crippen molar-refractivity contribution in [2.75, 3.05) is 13.1 Å². The third-order valence-corrected chi connectivity index (χ3v) is 3.34. The highest BCUT2D eigenvalue weighted by Crippen LogP contribution is 2.22. The molecule has 1 saturated heterocycles. The lowest BCUT2D eigenvalue weighted by molar-refractivity contribution is -0.145. The third kappa shape index (κ3) is 4.64. The van der Waals surface area contributed by atoms with Gasteiger partial charge in [-0.3, -0.25) is 14.5 Å². The second-order valence-corrected chi connectivity index (χ2v) is 5.49. The van der Waals surface area contributed by atoms with Crippen molar-refractivity contribution in [2.24, 2.45) is 5.92 Å². The molecule has 1 aliphatic heterocycles. The van der Waals surface area contributed by atoms with E-state index in [2.05, 4.69) is 12.2 Å². The fourth-order valence-electron chi connectivity index (χ4n) is 2.35. The van der Waals surface area contributed by atoms with Gasteiger partial charge < -0.3 is 10.4 Å². The highest BCUT2D eigenvalue weighted by Gasteiger charge is 2.31. The van der Waals surface area contributed by atoms with E-state index in [0.717, 1.165) is 13.0 Å². The quantitative estimate of drug-likeness (QED) is 0.772. The van der Waals surface area contributed by atoms with Crippen LogP contribution in [0.3, 0.4) is 0 Å². The van der Waals surface area contributed by atoms with Crippen molar-refractivity contribution in [1.82, 2.24) is 10.2 Å². The number of carbonyl (C=O) groups is 2. The number of hydrogen-bond acceptors (Lipinski definition) is 3. The monoisotopic (exact) mass is 256 g/mol. The molecule has 0 aromatic carbocycles. The van der Waals surface area contributed by atoms with Gasteiger partial charge in [0.1, 0.15) is 6.04 Å². The molecule has 2 unspecified atom stereocenters. The summed E-state index contributed by atoms with van der Waals surface area (Å²) in [4.78, 5) is 24.7. The number of carboxylic acids is 1. The molecule has 5 nitrogen and oxygen atoms in total. The molecule has 1 amide bonds. The third-order valence-electron chi connectivity index (χ3n) is 3.34. The topological polar surface area (TPSA) is 69.6 Å². The van der Waals surface area contributed by atoms with Crippen molar-refractivity contribution in [2.45, 2.75) is 52.1 Å². The fourth-order valence-corrected chi connectivity index (χ4v) is 2.35. The van der Waals surface area contributed by atoms with Crippen molar-refractivity contribution >= 4 is 11.9 Å². The summed E-state index contributed by atoms with van der Waals surface area (Å²) in [6, 6.07) is -0.297. The van der Waals surface area contributed by atoms with Gasteiger partial charge in [0.2, 0.25) is 5.91 Å². The van der Waals surface area contributed by atoms with Gasteiger partial charge in [-0.05, 0) is 39.2 Å². The van der Waals surface area contributed by atoms with Gasteiger partial charge in [0.15, 0.2) is 0 Å². The summed E-state index contributed by atoms with van der Waals surface area (Å²) in [7, 11) is 0. The van der Waals surface area contributed by atoms with Gasteiger partial charge >= 0.3 is 5.97 Å². The Morgan fingerprint density at radius 1 is 1.44 bits per heavy atom. The van der Waals surface area contributed by atoms with Gasteiger partial charge in [-0.1, -0.05) is 6.92 Å². The maximum absolute atomic E-state index is 11.6. The molecule has 0 aromatic heterocycles. The Morgan fingerprint density at radius 2 is 2.11 bits per heavy atom. The lowest BCUT2D eigenvalue weighted by Gasteiger charge is -2.35. The molecule has 0 aromatic rings. The van der Waals surface area contributed by atoms with Crippen molar-refractivity contribution in [3.05, 3.63) is 0 Å². The number of carboxylic acid groups (broad SMARTS) is 1. The van der Waals surface area contributed by atoms with Crippen LogP contribution in [0.5, 0.6) is 0 Å². The van der Waals surface area contributed by atoms with Gasteiger partial charge in [-0.25, -0.2) is 0 Å². The first kappa shape index (κ1) is 15.0. The van der Waals surface area contributed by atoms with Crippen molar-refractivity contribution in [1.29, 1.82) is 0 Å². The average molecular weight is 256 g/mol. The fraction of sp³-hybridized carbons (Fsp3) is 0.846. The summed E-state index contributed by atoms with van der Waals surface area (Å²) in [5, 5.41) is 12.0. The van der Waals surface area contributed by atoms with Crippen molar-refractivity contribution < 1.29 is 14.7 Å². The summed E-state index contributed by atoms with van der Waals surface area (Å²) in [6.07, 6.45) is 2.06. The summed E-state index contributed by atoms with van der Waals surface area (Å²) in [5.41, 5.74) is 0. The minimum atomic E-state index is -0.772. The van der Waals surface area contributed by atoms with Crippen LogP contribution in [-0.4, -0.2) is 47.1 Å². The molecule has 0 spiro atoms. The minimum Gasteiger partial charge on any atom is -0.480 e. The summed E-state index contributed by atoms with van der Waals surface area (Å²) in [6.45, 7) is 7.22. The molecule has 0 saturated carbocycles. The Hall–Kier alpha value is -1.10. The summed E-state index contributed by atoms with van der Waals surface area (Å²) >= 11 is 0. The second kappa shape index (κ2) is 6.73. The van der Waals surface area contributed by atoms with Crippen molar-refractivity contribution in [3.63, 3.8) is 0 Å². The molecule has 1 heterocycles. The first-order valence-corrected chi connectivity index (χ1v) is 6.66. The molecular weight excluding hydrogens is 232 g/mol. The van der Waals surface area contributed by atoms with E-state index in [1.807, 2.05) is 18.7 Å². The smallest absolute Gasteiger partial charge is 0.320 e. The van der Waals surface area contributed by atoms with E-state index in [1.165, 1.54) is 0 Å². The van der Waals surface area contributed by atoms with Crippen LogP contribution in [0, 0.1) is 5.92 Å². The average Bonchev–Trinajstić information content (AvgIpc) is 2.26. The number of hydrogen-bond donors (Lipinski definition) is 2. The van der Waals surface area contributed by atoms with E-state index in [0.29, 0.717) is 25.3 Å². The maximum atomic E-state index is 11.6. The van der Waals surface area contributed by atoms with Crippen LogP contribution < -0.4 is 5.32 Å². The SMILES string of the molecule is CC1CCN(CCC(=O)NC(C)C)C(C(=O)O)C1. The number of nitrogens with one attached hydrogen (secondary N) is 1. The zero-order valence-corrected chi connectivity index (χ0v) is 11.5. The van der Waals surface area contributed by atoms with E-state index in [1.54, 1.807) is 0 Å². The number of likely N-dealkylation sites (tertiary alicyclic amines) is 1. The molecule has 2 atom stereocenters. The van der Waals surface area contributed by atoms with E-state index in [-0.39, 0.29) is 11.9 Å². The van der Waals surface area contributed by atoms with Crippen LogP contribution in [0.25, 0.3) is 0 Å². The van der Waals surface area contributed by atoms with Crippen LogP contribution in [0.15, 0.2) is 0 Å². The van der Waals surface area contributed by atoms with Gasteiger partial charge in [0.25, 0.3) is 0 Å². The highest BCUT2D eigenvalue weighted by atomic mass is 16.4. The second-order valence-electron chi connectivity index (χ2n) is 5.49. The molecule has 1 aliphatic rings. The normalized spacial score (nSPS) is 25.1. The molecule has 0 radical (unpaired) electrons. The standard InChI is InChI=1S/C13H24N2O3/c1-9(2)14-12(16)5-7-15-6-4-10(3)8-11(15)13(17)18/h9-11H,4-8H2,1-3H3,(H,14,16)(H,17,18). The maximum Gasteiger partial charge on any atom is 0.320 e. The number of amides is 1. The van der Waals surface area contributed by atoms with Crippen LogP contribution >= 0.6 is 0 Å². The van der Waals surface area contributed by atoms with E-state index in [9.17, 15) is 14.7 Å². The Labute approximate surface area is 109 Å². The molecule has 1 rings (SSSR count). The number of piperidine rings is 1. The predicted octanol–water partition coefficient (Wildman–Crippen LogP) is 1.09. The predicted molar refractivity (Wildman–Crippen MR) is 69.3 cm³/mol. The first-order valence-electron chi connectivity index (χ1n) is 6.66. The number of aliphatic carboxylic acids is 1. The molecule has 0 bridgehead atoms. The molecular formula is C13H24N2O3. The summed E-state index contributed by atoms with van der Waals surface area (Å²) < 4.78 is 0. The molecule has 18 heavy (non-hydrogen) atoms. The molecule has 2 N–H and O–H groups in total. The van der Waals surface area contributed by atoms with Crippen LogP contribution in [0.4, 0.5) is 0 Å². The Balaban J connectivity index is 2.44. The highest BCUT2D eigenvalue weighted by molar-refractivity contribution is 5.77. The lowest BCUT2D eigenvalue weighted by Crippen LogP contribution is -2.48. The number of carbonyl (C=O) groups excluding carboxylic acids is 1. The van der Waals surface area contributed by atoms with Gasteiger partial charge in [-0.2, -0.15) is 0 Å². The van der Waals surface area contributed by atoms with Crippen LogP contribution in [0.1, 0.15) is 40.0 Å². The Kier molecular flexibility index (Phi) is 5.59. The summed E-state index contributed by atoms with van der Waals surface area (Å²) in [5.74, 6) is -0.328. The first-order chi connectivity index (χ1) is 8.40. The van der Waals surface area contributed by atoms with E-state index in [4.69, 9.17) is 0 Å². The van der Waals surface area contributed by atoms with Gasteiger partial charge in [-0.15, -0.1) is 0 Å². The minimum absolute atomic E-state index is 0.00670. The van der Waals surface area contributed by atoms with E-state index >= 15 is 0 Å². The lowest BCUT2D eigenvalue weighted by atomic mass is 9.92. The van der Waals surface area contributed by atoms with Crippen molar-refractivity contribution in [3.8, 4) is 0 Å². The van der Waals surface area contributed by atoms with Gasteiger partial charge in [0.05, 0.1) is 0 Å². The van der Waals surface area contributed by atoms with Crippen LogP contribution in [0.2, 0.25) is 0 Å². The molecule has 0 aliphatic carbocycles. The zero-order valence-electron chi connectivity index (χ0n) is 11.5. The van der Waals surface area contributed by atoms with Crippen LogP contribution in [-0.2, 0) is 9.59 Å². The largest absolute Gasteiger partial charge is 0.480 e.